The summed E-state index contributed by atoms with van der Waals surface area (Å²) in [4.78, 5) is 12.5. The van der Waals surface area contributed by atoms with E-state index in [1.807, 2.05) is 0 Å². The van der Waals surface area contributed by atoms with Crippen molar-refractivity contribution in [3.8, 4) is 5.69 Å². The second kappa shape index (κ2) is 8.18. The van der Waals surface area contributed by atoms with E-state index in [1.54, 1.807) is 6.92 Å². The van der Waals surface area contributed by atoms with E-state index in [9.17, 15) is 26.4 Å². The van der Waals surface area contributed by atoms with Gasteiger partial charge in [0, 0.05) is 17.9 Å². The summed E-state index contributed by atoms with van der Waals surface area (Å²) in [6.07, 6.45) is -3.65. The van der Waals surface area contributed by atoms with Crippen LogP contribution in [0.4, 0.5) is 19.0 Å². The first kappa shape index (κ1) is 23.1. The van der Waals surface area contributed by atoms with Crippen molar-refractivity contribution in [3.05, 3.63) is 69.3 Å². The number of rotatable bonds is 4. The van der Waals surface area contributed by atoms with Crippen LogP contribution in [0.2, 0.25) is 10.0 Å². The van der Waals surface area contributed by atoms with Crippen molar-refractivity contribution in [2.45, 2.75) is 18.0 Å². The first-order valence-electron chi connectivity index (χ1n) is 8.52. The van der Waals surface area contributed by atoms with Crippen LogP contribution in [0.15, 0.2) is 47.4 Å². The summed E-state index contributed by atoms with van der Waals surface area (Å²) in [5.41, 5.74) is -0.650. The number of hydrogen-bond donors (Lipinski definition) is 1. The van der Waals surface area contributed by atoms with Crippen molar-refractivity contribution >= 4 is 44.8 Å². The topological polar surface area (TPSA) is 81.1 Å². The molecule has 164 valence electrons. The highest BCUT2D eigenvalue weighted by Gasteiger charge is 2.31. The van der Waals surface area contributed by atoms with E-state index in [4.69, 9.17) is 23.2 Å². The molecule has 1 amide bonds. The van der Waals surface area contributed by atoms with Gasteiger partial charge in [0.2, 0.25) is 0 Å². The van der Waals surface area contributed by atoms with Crippen LogP contribution >= 0.6 is 23.2 Å². The number of carbonyl (C=O) groups is 1. The molecule has 0 aliphatic rings. The number of benzene rings is 2. The van der Waals surface area contributed by atoms with Crippen molar-refractivity contribution in [1.82, 2.24) is 9.78 Å². The molecule has 0 fully saturated rings. The Bertz CT molecular complexity index is 1290. The van der Waals surface area contributed by atoms with Crippen LogP contribution in [0.5, 0.6) is 0 Å². The van der Waals surface area contributed by atoms with Gasteiger partial charge in [0.1, 0.15) is 5.82 Å². The fourth-order valence-electron chi connectivity index (χ4n) is 2.74. The third-order valence-corrected chi connectivity index (χ3v) is 6.07. The molecule has 1 aromatic heterocycles. The zero-order valence-corrected chi connectivity index (χ0v) is 18.3. The van der Waals surface area contributed by atoms with E-state index in [0.717, 1.165) is 35.2 Å². The molecule has 0 saturated carbocycles. The minimum atomic E-state index is -4.60. The molecule has 0 aliphatic carbocycles. The molecule has 3 aromatic rings. The maximum atomic E-state index is 13.1. The van der Waals surface area contributed by atoms with Gasteiger partial charge < -0.3 is 5.32 Å². The summed E-state index contributed by atoms with van der Waals surface area (Å²) in [5, 5.41) is 6.57. The molecular formula is C19H14Cl2F3N3O3S. The van der Waals surface area contributed by atoms with E-state index in [0.29, 0.717) is 5.69 Å². The highest BCUT2D eigenvalue weighted by Crippen LogP contribution is 2.34. The molecule has 3 rings (SSSR count). The molecule has 31 heavy (non-hydrogen) atoms. The summed E-state index contributed by atoms with van der Waals surface area (Å²) >= 11 is 12.0. The first-order valence-corrected chi connectivity index (χ1v) is 11.2. The number of carbonyl (C=O) groups excluding carboxylic acids is 1. The number of aryl methyl sites for hydroxylation is 1. The molecule has 6 nitrogen and oxygen atoms in total. The SMILES string of the molecule is Cc1cc(NC(=O)c2ccc(Cl)c(S(C)(=O)=O)c2)n(-c2cc(C(F)(F)F)ccc2Cl)n1. The monoisotopic (exact) mass is 491 g/mol. The Hall–Kier alpha value is -2.56. The molecule has 0 atom stereocenters. The Morgan fingerprint density at radius 1 is 1.06 bits per heavy atom. The predicted octanol–water partition coefficient (Wildman–Crippen LogP) is 5.16. The van der Waals surface area contributed by atoms with Gasteiger partial charge in [-0.3, -0.25) is 4.79 Å². The van der Waals surface area contributed by atoms with Crippen molar-refractivity contribution in [2.24, 2.45) is 0 Å². The van der Waals surface area contributed by atoms with Gasteiger partial charge in [-0.25, -0.2) is 13.1 Å². The maximum Gasteiger partial charge on any atom is 0.416 e. The Balaban J connectivity index is 2.02. The molecule has 1 N–H and O–H groups in total. The van der Waals surface area contributed by atoms with Crippen LogP contribution in [0.3, 0.4) is 0 Å². The fourth-order valence-corrected chi connectivity index (χ4v) is 4.24. The van der Waals surface area contributed by atoms with Gasteiger partial charge in [-0.2, -0.15) is 18.3 Å². The largest absolute Gasteiger partial charge is 0.416 e. The second-order valence-electron chi connectivity index (χ2n) is 6.62. The smallest absolute Gasteiger partial charge is 0.306 e. The average molecular weight is 492 g/mol. The molecule has 0 spiro atoms. The third kappa shape index (κ3) is 5.03. The average Bonchev–Trinajstić information content (AvgIpc) is 3.00. The van der Waals surface area contributed by atoms with Crippen molar-refractivity contribution in [1.29, 1.82) is 0 Å². The third-order valence-electron chi connectivity index (χ3n) is 4.17. The number of nitrogens with zero attached hydrogens (tertiary/aromatic N) is 2. The van der Waals surface area contributed by atoms with Crippen molar-refractivity contribution < 1.29 is 26.4 Å². The van der Waals surface area contributed by atoms with Gasteiger partial charge in [-0.15, -0.1) is 0 Å². The Morgan fingerprint density at radius 2 is 1.71 bits per heavy atom. The number of aromatic nitrogens is 2. The second-order valence-corrected chi connectivity index (χ2v) is 9.42. The predicted molar refractivity (Wildman–Crippen MR) is 111 cm³/mol. The Morgan fingerprint density at radius 3 is 2.32 bits per heavy atom. The van der Waals surface area contributed by atoms with Crippen molar-refractivity contribution in [3.63, 3.8) is 0 Å². The zero-order chi connectivity index (χ0) is 23.1. The van der Waals surface area contributed by atoms with Gasteiger partial charge in [-0.1, -0.05) is 23.2 Å². The van der Waals surface area contributed by atoms with Crippen LogP contribution in [0, 0.1) is 6.92 Å². The minimum Gasteiger partial charge on any atom is -0.306 e. The molecular weight excluding hydrogens is 478 g/mol. The summed E-state index contributed by atoms with van der Waals surface area (Å²) in [6, 6.07) is 7.85. The summed E-state index contributed by atoms with van der Waals surface area (Å²) < 4.78 is 64.1. The molecule has 1 heterocycles. The number of nitrogens with one attached hydrogen (secondary N) is 1. The molecule has 0 radical (unpaired) electrons. The van der Waals surface area contributed by atoms with Gasteiger partial charge in [0.25, 0.3) is 5.91 Å². The Labute approximate surface area is 185 Å². The molecule has 0 unspecified atom stereocenters. The highest BCUT2D eigenvalue weighted by molar-refractivity contribution is 7.90. The number of sulfone groups is 1. The molecule has 0 saturated heterocycles. The lowest BCUT2D eigenvalue weighted by molar-refractivity contribution is -0.137. The highest BCUT2D eigenvalue weighted by atomic mass is 35.5. The van der Waals surface area contributed by atoms with Gasteiger partial charge in [0.15, 0.2) is 9.84 Å². The van der Waals surface area contributed by atoms with Crippen LogP contribution in [-0.2, 0) is 16.0 Å². The lowest BCUT2D eigenvalue weighted by Gasteiger charge is -2.13. The molecule has 2 aromatic carbocycles. The summed E-state index contributed by atoms with van der Waals surface area (Å²) in [5.74, 6) is -0.676. The summed E-state index contributed by atoms with van der Waals surface area (Å²) in [6.45, 7) is 1.58. The van der Waals surface area contributed by atoms with Crippen LogP contribution < -0.4 is 5.32 Å². The first-order chi connectivity index (χ1) is 14.3. The lowest BCUT2D eigenvalue weighted by Crippen LogP contribution is -2.16. The number of alkyl halides is 3. The lowest BCUT2D eigenvalue weighted by atomic mass is 10.2. The molecule has 0 bridgehead atoms. The van der Waals surface area contributed by atoms with Crippen LogP contribution in [-0.4, -0.2) is 30.4 Å². The van der Waals surface area contributed by atoms with Gasteiger partial charge in [-0.05, 0) is 43.3 Å². The maximum absolute atomic E-state index is 13.1. The number of hydrogen-bond acceptors (Lipinski definition) is 4. The number of anilines is 1. The van der Waals surface area contributed by atoms with Gasteiger partial charge in [0.05, 0.1) is 31.9 Å². The van der Waals surface area contributed by atoms with Gasteiger partial charge >= 0.3 is 6.18 Å². The molecule has 12 heteroatoms. The van der Waals surface area contributed by atoms with E-state index in [2.05, 4.69) is 10.4 Å². The Kier molecular flexibility index (Phi) is 6.09. The quantitative estimate of drug-likeness (QED) is 0.546. The van der Waals surface area contributed by atoms with E-state index in [-0.39, 0.29) is 32.0 Å². The zero-order valence-electron chi connectivity index (χ0n) is 16.0. The van der Waals surface area contributed by atoms with Crippen molar-refractivity contribution in [2.75, 3.05) is 11.6 Å². The van der Waals surface area contributed by atoms with Crippen LogP contribution in [0.25, 0.3) is 5.69 Å². The van der Waals surface area contributed by atoms with E-state index < -0.39 is 27.5 Å². The minimum absolute atomic E-state index is 0.0162. The fraction of sp³-hybridized carbons (Fsp3) is 0.158. The normalized spacial score (nSPS) is 12.1. The van der Waals surface area contributed by atoms with E-state index >= 15 is 0 Å². The standard InChI is InChI=1S/C19H14Cl2F3N3O3S/c1-10-7-17(25-18(28)11-3-5-14(21)16(8-11)31(2,29)30)27(26-10)15-9-12(19(22,23)24)4-6-13(15)20/h3-9H,1-2H3,(H,25,28). The molecule has 0 aliphatic heterocycles. The number of amides is 1. The van der Waals surface area contributed by atoms with E-state index in [1.165, 1.54) is 18.2 Å². The van der Waals surface area contributed by atoms with Crippen LogP contribution in [0.1, 0.15) is 21.6 Å². The number of halogens is 5. The summed E-state index contributed by atoms with van der Waals surface area (Å²) in [7, 11) is -3.69.